The minimum absolute atomic E-state index is 0.336. The SMILES string of the molecule is FC(F)(F)c1cccc(-c2nc3nc(I)ncc3[nH]2)c1. The van der Waals surface area contributed by atoms with Gasteiger partial charge >= 0.3 is 6.18 Å². The van der Waals surface area contributed by atoms with Gasteiger partial charge in [0.15, 0.2) is 9.48 Å². The zero-order chi connectivity index (χ0) is 14.3. The fourth-order valence-corrected chi connectivity index (χ4v) is 2.13. The predicted molar refractivity (Wildman–Crippen MR) is 74.8 cm³/mol. The maximum Gasteiger partial charge on any atom is 0.416 e. The topological polar surface area (TPSA) is 54.5 Å². The van der Waals surface area contributed by atoms with E-state index in [-0.39, 0.29) is 0 Å². The third-order valence-electron chi connectivity index (χ3n) is 2.67. The Kier molecular flexibility index (Phi) is 3.11. The van der Waals surface area contributed by atoms with E-state index in [4.69, 9.17) is 0 Å². The van der Waals surface area contributed by atoms with Crippen LogP contribution in [0.5, 0.6) is 0 Å². The first-order valence-corrected chi connectivity index (χ1v) is 6.57. The molecule has 0 unspecified atom stereocenters. The van der Waals surface area contributed by atoms with Crippen molar-refractivity contribution >= 4 is 33.8 Å². The normalized spacial score (nSPS) is 12.0. The van der Waals surface area contributed by atoms with Gasteiger partial charge in [-0.1, -0.05) is 12.1 Å². The second kappa shape index (κ2) is 4.69. The Balaban J connectivity index is 2.11. The fourth-order valence-electron chi connectivity index (χ4n) is 1.77. The molecule has 8 heteroatoms. The van der Waals surface area contributed by atoms with Crippen LogP contribution in [-0.4, -0.2) is 19.9 Å². The molecule has 2 aromatic heterocycles. The fraction of sp³-hybridized carbons (Fsp3) is 0.0833. The van der Waals surface area contributed by atoms with Gasteiger partial charge in [0.2, 0.25) is 0 Å². The summed E-state index contributed by atoms with van der Waals surface area (Å²) in [6, 6.07) is 4.98. The minimum Gasteiger partial charge on any atom is -0.335 e. The van der Waals surface area contributed by atoms with Gasteiger partial charge in [0.05, 0.1) is 11.8 Å². The zero-order valence-electron chi connectivity index (χ0n) is 9.74. The Hall–Kier alpha value is -1.71. The number of nitrogens with zero attached hydrogens (tertiary/aromatic N) is 3. The number of nitrogens with one attached hydrogen (secondary N) is 1. The van der Waals surface area contributed by atoms with Crippen molar-refractivity contribution in [1.82, 2.24) is 19.9 Å². The maximum atomic E-state index is 12.7. The van der Waals surface area contributed by atoms with Crippen molar-refractivity contribution in [3.8, 4) is 11.4 Å². The average Bonchev–Trinajstić information content (AvgIpc) is 2.81. The summed E-state index contributed by atoms with van der Waals surface area (Å²) in [5.74, 6) is 0.336. The molecule has 0 aliphatic rings. The molecule has 0 radical (unpaired) electrons. The largest absolute Gasteiger partial charge is 0.416 e. The molecule has 2 heterocycles. The molecule has 0 amide bonds. The number of halogens is 4. The van der Waals surface area contributed by atoms with E-state index in [1.807, 2.05) is 22.6 Å². The first-order valence-electron chi connectivity index (χ1n) is 5.49. The number of imidazole rings is 1. The van der Waals surface area contributed by atoms with E-state index in [1.165, 1.54) is 6.07 Å². The lowest BCUT2D eigenvalue weighted by molar-refractivity contribution is -0.137. The lowest BCUT2D eigenvalue weighted by atomic mass is 10.1. The summed E-state index contributed by atoms with van der Waals surface area (Å²) < 4.78 is 38.6. The zero-order valence-corrected chi connectivity index (χ0v) is 11.9. The van der Waals surface area contributed by atoms with Crippen LogP contribution >= 0.6 is 22.6 Å². The Morgan fingerprint density at radius 1 is 1.15 bits per heavy atom. The van der Waals surface area contributed by atoms with E-state index >= 15 is 0 Å². The summed E-state index contributed by atoms with van der Waals surface area (Å²) in [6.45, 7) is 0. The summed E-state index contributed by atoms with van der Waals surface area (Å²) in [4.78, 5) is 15.2. The van der Waals surface area contributed by atoms with Crippen molar-refractivity contribution in [3.63, 3.8) is 0 Å². The number of fused-ring (bicyclic) bond motifs is 1. The molecule has 0 aliphatic heterocycles. The molecule has 0 atom stereocenters. The number of alkyl halides is 3. The van der Waals surface area contributed by atoms with Gasteiger partial charge in [-0.05, 0) is 12.1 Å². The lowest BCUT2D eigenvalue weighted by Gasteiger charge is -2.07. The molecule has 0 spiro atoms. The van der Waals surface area contributed by atoms with E-state index in [0.29, 0.717) is 26.4 Å². The van der Waals surface area contributed by atoms with Crippen LogP contribution in [0.4, 0.5) is 13.2 Å². The Morgan fingerprint density at radius 2 is 1.95 bits per heavy atom. The van der Waals surface area contributed by atoms with Gasteiger partial charge in [-0.25, -0.2) is 15.0 Å². The Morgan fingerprint density at radius 3 is 2.70 bits per heavy atom. The molecular formula is C12H6F3IN4. The molecule has 0 bridgehead atoms. The molecule has 20 heavy (non-hydrogen) atoms. The number of hydrogen-bond acceptors (Lipinski definition) is 3. The van der Waals surface area contributed by atoms with Gasteiger partial charge in [0.1, 0.15) is 11.3 Å². The molecule has 0 saturated carbocycles. The van der Waals surface area contributed by atoms with Crippen molar-refractivity contribution < 1.29 is 13.2 Å². The van der Waals surface area contributed by atoms with Crippen molar-refractivity contribution in [2.24, 2.45) is 0 Å². The number of rotatable bonds is 1. The van der Waals surface area contributed by atoms with Gasteiger partial charge in [0, 0.05) is 28.2 Å². The van der Waals surface area contributed by atoms with Gasteiger partial charge in [-0.3, -0.25) is 0 Å². The molecule has 1 N–H and O–H groups in total. The summed E-state index contributed by atoms with van der Waals surface area (Å²) in [5.41, 5.74) is 0.651. The van der Waals surface area contributed by atoms with Crippen LogP contribution in [0.2, 0.25) is 0 Å². The molecule has 1 aromatic carbocycles. The molecule has 4 nitrogen and oxygen atoms in total. The van der Waals surface area contributed by atoms with Crippen LogP contribution in [-0.2, 0) is 6.18 Å². The van der Waals surface area contributed by atoms with E-state index in [2.05, 4.69) is 19.9 Å². The van der Waals surface area contributed by atoms with Gasteiger partial charge in [0.25, 0.3) is 0 Å². The lowest BCUT2D eigenvalue weighted by Crippen LogP contribution is -2.04. The first kappa shape index (κ1) is 13.3. The second-order valence-corrected chi connectivity index (χ2v) is 5.01. The smallest absolute Gasteiger partial charge is 0.335 e. The Bertz CT molecular complexity index is 782. The van der Waals surface area contributed by atoms with Crippen molar-refractivity contribution in [2.75, 3.05) is 0 Å². The average molecular weight is 390 g/mol. The number of aromatic nitrogens is 4. The molecule has 3 aromatic rings. The summed E-state index contributed by atoms with van der Waals surface area (Å²) in [6.07, 6.45) is -2.83. The molecule has 102 valence electrons. The summed E-state index contributed by atoms with van der Waals surface area (Å²) in [5, 5.41) is 0. The van der Waals surface area contributed by atoms with Gasteiger partial charge in [-0.15, -0.1) is 0 Å². The van der Waals surface area contributed by atoms with E-state index < -0.39 is 11.7 Å². The first-order chi connectivity index (χ1) is 9.43. The number of hydrogen-bond donors (Lipinski definition) is 1. The number of benzene rings is 1. The highest BCUT2D eigenvalue weighted by atomic mass is 127. The third-order valence-corrected chi connectivity index (χ3v) is 3.19. The van der Waals surface area contributed by atoms with Crippen LogP contribution in [0.15, 0.2) is 30.5 Å². The van der Waals surface area contributed by atoms with Crippen molar-refractivity contribution in [2.45, 2.75) is 6.18 Å². The van der Waals surface area contributed by atoms with Crippen LogP contribution in [0, 0.1) is 3.83 Å². The van der Waals surface area contributed by atoms with Crippen LogP contribution in [0.25, 0.3) is 22.6 Å². The van der Waals surface area contributed by atoms with Gasteiger partial charge < -0.3 is 4.98 Å². The van der Waals surface area contributed by atoms with E-state index in [9.17, 15) is 13.2 Å². The van der Waals surface area contributed by atoms with Crippen LogP contribution < -0.4 is 0 Å². The van der Waals surface area contributed by atoms with Gasteiger partial charge in [-0.2, -0.15) is 13.2 Å². The number of H-pyrrole nitrogens is 1. The monoisotopic (exact) mass is 390 g/mol. The quantitative estimate of drug-likeness (QED) is 0.510. The Labute approximate surface area is 124 Å². The predicted octanol–water partition coefficient (Wildman–Crippen LogP) is 3.64. The highest BCUT2D eigenvalue weighted by Gasteiger charge is 2.30. The van der Waals surface area contributed by atoms with E-state index in [1.54, 1.807) is 12.3 Å². The minimum atomic E-state index is -4.38. The van der Waals surface area contributed by atoms with Crippen LogP contribution in [0.3, 0.4) is 0 Å². The molecule has 3 rings (SSSR count). The molecule has 0 saturated heterocycles. The van der Waals surface area contributed by atoms with Crippen molar-refractivity contribution in [3.05, 3.63) is 39.9 Å². The molecular weight excluding hydrogens is 384 g/mol. The number of aromatic amines is 1. The highest BCUT2D eigenvalue weighted by Crippen LogP contribution is 2.31. The second-order valence-electron chi connectivity index (χ2n) is 4.04. The summed E-state index contributed by atoms with van der Waals surface area (Å²) in [7, 11) is 0. The third kappa shape index (κ3) is 2.47. The molecule has 0 fully saturated rings. The molecule has 0 aliphatic carbocycles. The standard InChI is InChI=1S/C12H6F3IN4/c13-12(14,15)7-3-1-2-6(4-7)9-18-8-5-17-11(16)20-10(8)19-9/h1-5H,(H,17,18,19,20). The van der Waals surface area contributed by atoms with Crippen LogP contribution in [0.1, 0.15) is 5.56 Å². The van der Waals surface area contributed by atoms with Crippen molar-refractivity contribution in [1.29, 1.82) is 0 Å². The summed E-state index contributed by atoms with van der Waals surface area (Å²) >= 11 is 1.94. The maximum absolute atomic E-state index is 12.7. The highest BCUT2D eigenvalue weighted by molar-refractivity contribution is 14.1. The van der Waals surface area contributed by atoms with E-state index in [0.717, 1.165) is 12.1 Å².